The zero-order valence-corrected chi connectivity index (χ0v) is 11.3. The zero-order chi connectivity index (χ0) is 11.0. The highest BCUT2D eigenvalue weighted by atomic mass is 32.2. The summed E-state index contributed by atoms with van der Waals surface area (Å²) in [5, 5.41) is 3.65. The minimum absolute atomic E-state index is 0.655. The van der Waals surface area contributed by atoms with Gasteiger partial charge >= 0.3 is 0 Å². The van der Waals surface area contributed by atoms with Gasteiger partial charge in [0.1, 0.15) is 0 Å². The van der Waals surface area contributed by atoms with Crippen LogP contribution in [0.2, 0.25) is 0 Å². The molecule has 0 amide bonds. The molecule has 2 heteroatoms. The number of thioether (sulfide) groups is 1. The maximum Gasteiger partial charge on any atom is 0.0132 e. The van der Waals surface area contributed by atoms with Crippen molar-refractivity contribution in [3.05, 3.63) is 0 Å². The van der Waals surface area contributed by atoms with E-state index in [2.05, 4.69) is 39.9 Å². The van der Waals surface area contributed by atoms with Crippen molar-refractivity contribution in [3.63, 3.8) is 0 Å². The zero-order valence-electron chi connectivity index (χ0n) is 10.5. The van der Waals surface area contributed by atoms with Crippen molar-refractivity contribution in [1.82, 2.24) is 5.32 Å². The van der Waals surface area contributed by atoms with Gasteiger partial charge in [0.25, 0.3) is 0 Å². The largest absolute Gasteiger partial charge is 0.311 e. The van der Waals surface area contributed by atoms with Gasteiger partial charge in [0.15, 0.2) is 0 Å². The molecular weight excluding hydrogens is 190 g/mol. The van der Waals surface area contributed by atoms with E-state index in [0.29, 0.717) is 12.1 Å². The number of hydrogen-bond acceptors (Lipinski definition) is 2. The van der Waals surface area contributed by atoms with Crippen molar-refractivity contribution >= 4 is 11.8 Å². The Labute approximate surface area is 94.4 Å². The summed E-state index contributed by atoms with van der Waals surface area (Å²) in [6, 6.07) is 1.33. The van der Waals surface area contributed by atoms with Crippen LogP contribution in [0.25, 0.3) is 0 Å². The topological polar surface area (TPSA) is 12.0 Å². The van der Waals surface area contributed by atoms with Gasteiger partial charge in [-0.2, -0.15) is 11.8 Å². The summed E-state index contributed by atoms with van der Waals surface area (Å²) in [6.07, 6.45) is 2.64. The van der Waals surface area contributed by atoms with Gasteiger partial charge in [-0.05, 0) is 38.4 Å². The van der Waals surface area contributed by atoms with Crippen molar-refractivity contribution in [2.45, 2.75) is 59.5 Å². The fourth-order valence-electron chi connectivity index (χ4n) is 1.50. The van der Waals surface area contributed by atoms with E-state index >= 15 is 0 Å². The highest BCUT2D eigenvalue weighted by Crippen LogP contribution is 2.08. The molecule has 1 nitrogen and oxygen atoms in total. The van der Waals surface area contributed by atoms with Crippen LogP contribution in [-0.2, 0) is 0 Å². The Bertz CT molecular complexity index is 125. The molecular formula is C12H27NS. The third-order valence-electron chi connectivity index (χ3n) is 2.32. The molecule has 2 atom stereocenters. The first kappa shape index (κ1) is 14.3. The van der Waals surface area contributed by atoms with Gasteiger partial charge < -0.3 is 5.32 Å². The minimum atomic E-state index is 0.655. The monoisotopic (exact) mass is 217 g/mol. The third-order valence-corrected chi connectivity index (χ3v) is 3.46. The SMILES string of the molecule is CCSCC(C)NC(C)CCC(C)C. The summed E-state index contributed by atoms with van der Waals surface area (Å²) >= 11 is 2.02. The Balaban J connectivity index is 3.44. The second kappa shape index (κ2) is 8.60. The minimum Gasteiger partial charge on any atom is -0.311 e. The molecule has 0 aromatic rings. The molecule has 0 fully saturated rings. The lowest BCUT2D eigenvalue weighted by Gasteiger charge is -2.20. The molecule has 0 spiro atoms. The molecule has 0 aromatic heterocycles. The Kier molecular flexibility index (Phi) is 8.80. The van der Waals surface area contributed by atoms with Crippen LogP contribution in [0.3, 0.4) is 0 Å². The van der Waals surface area contributed by atoms with E-state index in [-0.39, 0.29) is 0 Å². The molecule has 0 bridgehead atoms. The van der Waals surface area contributed by atoms with Crippen LogP contribution in [0.4, 0.5) is 0 Å². The molecule has 0 aromatic carbocycles. The first-order valence-electron chi connectivity index (χ1n) is 5.90. The molecule has 0 aliphatic heterocycles. The van der Waals surface area contributed by atoms with Crippen molar-refractivity contribution in [2.24, 2.45) is 5.92 Å². The van der Waals surface area contributed by atoms with Crippen LogP contribution in [0.15, 0.2) is 0 Å². The highest BCUT2D eigenvalue weighted by Gasteiger charge is 2.07. The molecule has 0 saturated heterocycles. The quantitative estimate of drug-likeness (QED) is 0.667. The average Bonchev–Trinajstić information content (AvgIpc) is 2.11. The van der Waals surface area contributed by atoms with E-state index in [1.165, 1.54) is 24.3 Å². The van der Waals surface area contributed by atoms with E-state index in [9.17, 15) is 0 Å². The molecule has 86 valence electrons. The lowest BCUT2D eigenvalue weighted by atomic mass is 10.0. The second-order valence-electron chi connectivity index (χ2n) is 4.60. The fourth-order valence-corrected chi connectivity index (χ4v) is 2.18. The van der Waals surface area contributed by atoms with Crippen LogP contribution in [0.1, 0.15) is 47.5 Å². The standard InChI is InChI=1S/C12H27NS/c1-6-14-9-12(5)13-11(4)8-7-10(2)3/h10-13H,6-9H2,1-5H3. The highest BCUT2D eigenvalue weighted by molar-refractivity contribution is 7.99. The number of rotatable bonds is 8. The Morgan fingerprint density at radius 3 is 2.14 bits per heavy atom. The number of nitrogens with one attached hydrogen (secondary N) is 1. The van der Waals surface area contributed by atoms with Crippen molar-refractivity contribution in [2.75, 3.05) is 11.5 Å². The van der Waals surface area contributed by atoms with Gasteiger partial charge in [-0.15, -0.1) is 0 Å². The molecule has 0 aliphatic carbocycles. The lowest BCUT2D eigenvalue weighted by molar-refractivity contribution is 0.426. The van der Waals surface area contributed by atoms with E-state index < -0.39 is 0 Å². The Morgan fingerprint density at radius 2 is 1.64 bits per heavy atom. The third kappa shape index (κ3) is 8.89. The first-order chi connectivity index (χ1) is 6.56. The predicted molar refractivity (Wildman–Crippen MR) is 69.1 cm³/mol. The van der Waals surface area contributed by atoms with Crippen molar-refractivity contribution in [3.8, 4) is 0 Å². The van der Waals surface area contributed by atoms with E-state index in [4.69, 9.17) is 0 Å². The van der Waals surface area contributed by atoms with Gasteiger partial charge in [-0.3, -0.25) is 0 Å². The Hall–Kier alpha value is 0.310. The summed E-state index contributed by atoms with van der Waals surface area (Å²) < 4.78 is 0. The van der Waals surface area contributed by atoms with E-state index in [0.717, 1.165) is 5.92 Å². The van der Waals surface area contributed by atoms with Gasteiger partial charge in [-0.1, -0.05) is 20.8 Å². The van der Waals surface area contributed by atoms with Gasteiger partial charge in [0.05, 0.1) is 0 Å². The van der Waals surface area contributed by atoms with Crippen LogP contribution < -0.4 is 5.32 Å². The lowest BCUT2D eigenvalue weighted by Crippen LogP contribution is -2.36. The Morgan fingerprint density at radius 1 is 1.00 bits per heavy atom. The van der Waals surface area contributed by atoms with E-state index in [1.54, 1.807) is 0 Å². The van der Waals surface area contributed by atoms with Gasteiger partial charge in [0.2, 0.25) is 0 Å². The molecule has 1 N–H and O–H groups in total. The maximum absolute atomic E-state index is 3.65. The molecule has 0 radical (unpaired) electrons. The second-order valence-corrected chi connectivity index (χ2v) is 5.92. The van der Waals surface area contributed by atoms with Crippen LogP contribution in [-0.4, -0.2) is 23.6 Å². The van der Waals surface area contributed by atoms with Crippen LogP contribution >= 0.6 is 11.8 Å². The molecule has 0 heterocycles. The molecule has 0 saturated carbocycles. The summed E-state index contributed by atoms with van der Waals surface area (Å²) in [7, 11) is 0. The fraction of sp³-hybridized carbons (Fsp3) is 1.00. The van der Waals surface area contributed by atoms with Crippen LogP contribution in [0, 0.1) is 5.92 Å². The van der Waals surface area contributed by atoms with E-state index in [1.807, 2.05) is 11.8 Å². The number of hydrogen-bond donors (Lipinski definition) is 1. The smallest absolute Gasteiger partial charge is 0.0132 e. The summed E-state index contributed by atoms with van der Waals surface area (Å²) in [4.78, 5) is 0. The van der Waals surface area contributed by atoms with Gasteiger partial charge in [0, 0.05) is 17.8 Å². The molecule has 14 heavy (non-hydrogen) atoms. The predicted octanol–water partition coefficient (Wildman–Crippen LogP) is 3.54. The normalized spacial score (nSPS) is 15.9. The van der Waals surface area contributed by atoms with Crippen molar-refractivity contribution < 1.29 is 0 Å². The summed E-state index contributed by atoms with van der Waals surface area (Å²) in [5.74, 6) is 3.30. The average molecular weight is 217 g/mol. The molecule has 0 aliphatic rings. The molecule has 2 unspecified atom stereocenters. The summed E-state index contributed by atoms with van der Waals surface area (Å²) in [5.41, 5.74) is 0. The van der Waals surface area contributed by atoms with Crippen molar-refractivity contribution in [1.29, 1.82) is 0 Å². The maximum atomic E-state index is 3.65. The van der Waals surface area contributed by atoms with Gasteiger partial charge in [-0.25, -0.2) is 0 Å². The molecule has 0 rings (SSSR count). The summed E-state index contributed by atoms with van der Waals surface area (Å²) in [6.45, 7) is 11.4. The first-order valence-corrected chi connectivity index (χ1v) is 7.05. The van der Waals surface area contributed by atoms with Crippen LogP contribution in [0.5, 0.6) is 0 Å².